The van der Waals surface area contributed by atoms with Crippen LogP contribution in [0.15, 0.2) is 0 Å². The van der Waals surface area contributed by atoms with E-state index in [1.165, 1.54) is 64.3 Å². The smallest absolute Gasteiger partial charge is 0.00953 e. The molecule has 1 heteroatoms. The van der Waals surface area contributed by atoms with Gasteiger partial charge in [0.05, 0.1) is 0 Å². The summed E-state index contributed by atoms with van der Waals surface area (Å²) in [6, 6.07) is 0.901. The predicted molar refractivity (Wildman–Crippen MR) is 72.8 cm³/mol. The first-order valence-corrected chi connectivity index (χ1v) is 7.48. The topological polar surface area (TPSA) is 3.24 Å². The first kappa shape index (κ1) is 14.0. The van der Waals surface area contributed by atoms with E-state index in [-0.39, 0.29) is 0 Å². The molecule has 0 radical (unpaired) electrons. The van der Waals surface area contributed by atoms with Crippen LogP contribution in [0.3, 0.4) is 0 Å². The maximum absolute atomic E-state index is 2.59. The standard InChI is InChI=1S/C15H31N/c1-4-6-7-10-14(9-5-2)13-15-11-8-12-16(15)3/h14-15H,4-13H2,1-3H3. The number of unbranched alkanes of at least 4 members (excludes halogenated alkanes) is 2. The van der Waals surface area contributed by atoms with Gasteiger partial charge >= 0.3 is 0 Å². The Kier molecular flexibility index (Phi) is 7.11. The molecule has 0 aromatic carbocycles. The summed E-state index contributed by atoms with van der Waals surface area (Å²) in [5, 5.41) is 0. The SMILES string of the molecule is CCCCCC(CCC)CC1CCCN1C. The van der Waals surface area contributed by atoms with Gasteiger partial charge in [-0.3, -0.25) is 0 Å². The van der Waals surface area contributed by atoms with Crippen molar-refractivity contribution in [1.82, 2.24) is 4.90 Å². The second-order valence-corrected chi connectivity index (χ2v) is 5.66. The molecule has 1 saturated heterocycles. The van der Waals surface area contributed by atoms with E-state index in [1.807, 2.05) is 0 Å². The van der Waals surface area contributed by atoms with Crippen LogP contribution in [0.4, 0.5) is 0 Å². The zero-order chi connectivity index (χ0) is 11.8. The van der Waals surface area contributed by atoms with E-state index < -0.39 is 0 Å². The van der Waals surface area contributed by atoms with Crippen molar-refractivity contribution in [2.75, 3.05) is 13.6 Å². The average molecular weight is 225 g/mol. The Hall–Kier alpha value is -0.0400. The quantitative estimate of drug-likeness (QED) is 0.551. The lowest BCUT2D eigenvalue weighted by molar-refractivity contribution is 0.244. The Morgan fingerprint density at radius 1 is 1.12 bits per heavy atom. The van der Waals surface area contributed by atoms with Gasteiger partial charge in [-0.15, -0.1) is 0 Å². The summed E-state index contributed by atoms with van der Waals surface area (Å²) >= 11 is 0. The molecule has 1 fully saturated rings. The molecule has 0 spiro atoms. The van der Waals surface area contributed by atoms with Crippen molar-refractivity contribution in [3.8, 4) is 0 Å². The van der Waals surface area contributed by atoms with Crippen molar-refractivity contribution >= 4 is 0 Å². The second-order valence-electron chi connectivity index (χ2n) is 5.66. The minimum Gasteiger partial charge on any atom is -0.303 e. The fraction of sp³-hybridized carbons (Fsp3) is 1.00. The van der Waals surface area contributed by atoms with Gasteiger partial charge in [-0.1, -0.05) is 52.4 Å². The normalized spacial score (nSPS) is 23.8. The van der Waals surface area contributed by atoms with E-state index in [0.717, 1.165) is 12.0 Å². The number of rotatable bonds is 8. The van der Waals surface area contributed by atoms with Crippen LogP contribution in [0, 0.1) is 5.92 Å². The van der Waals surface area contributed by atoms with Gasteiger partial charge in [0.15, 0.2) is 0 Å². The molecule has 0 aromatic heterocycles. The largest absolute Gasteiger partial charge is 0.303 e. The molecule has 1 rings (SSSR count). The molecule has 1 heterocycles. The molecule has 2 atom stereocenters. The van der Waals surface area contributed by atoms with E-state index in [2.05, 4.69) is 25.8 Å². The molecule has 1 aliphatic heterocycles. The van der Waals surface area contributed by atoms with Crippen LogP contribution in [0.2, 0.25) is 0 Å². The highest BCUT2D eigenvalue weighted by Gasteiger charge is 2.23. The Bertz CT molecular complexity index is 167. The van der Waals surface area contributed by atoms with Crippen LogP contribution < -0.4 is 0 Å². The van der Waals surface area contributed by atoms with Gasteiger partial charge in [0.1, 0.15) is 0 Å². The highest BCUT2D eigenvalue weighted by Crippen LogP contribution is 2.27. The number of likely N-dealkylation sites (tertiary alicyclic amines) is 1. The number of hydrogen-bond donors (Lipinski definition) is 0. The van der Waals surface area contributed by atoms with Crippen LogP contribution in [-0.2, 0) is 0 Å². The average Bonchev–Trinajstić information content (AvgIpc) is 2.65. The third-order valence-corrected chi connectivity index (χ3v) is 4.19. The fourth-order valence-electron chi connectivity index (χ4n) is 3.13. The summed E-state index contributed by atoms with van der Waals surface area (Å²) in [6.45, 7) is 5.98. The number of hydrogen-bond acceptors (Lipinski definition) is 1. The van der Waals surface area contributed by atoms with Crippen molar-refractivity contribution in [3.05, 3.63) is 0 Å². The van der Waals surface area contributed by atoms with Gasteiger partial charge in [0.2, 0.25) is 0 Å². The highest BCUT2D eigenvalue weighted by molar-refractivity contribution is 4.79. The first-order valence-electron chi connectivity index (χ1n) is 7.48. The van der Waals surface area contributed by atoms with E-state index in [4.69, 9.17) is 0 Å². The van der Waals surface area contributed by atoms with Gasteiger partial charge in [0.25, 0.3) is 0 Å². The van der Waals surface area contributed by atoms with Gasteiger partial charge in [0, 0.05) is 6.04 Å². The molecule has 0 aromatic rings. The Morgan fingerprint density at radius 3 is 2.50 bits per heavy atom. The van der Waals surface area contributed by atoms with Crippen LogP contribution in [0.1, 0.15) is 71.6 Å². The lowest BCUT2D eigenvalue weighted by Crippen LogP contribution is -2.27. The second kappa shape index (κ2) is 8.11. The summed E-state index contributed by atoms with van der Waals surface area (Å²) in [5.74, 6) is 1.00. The van der Waals surface area contributed by atoms with Gasteiger partial charge in [-0.2, -0.15) is 0 Å². The fourth-order valence-corrected chi connectivity index (χ4v) is 3.13. The highest BCUT2D eigenvalue weighted by atomic mass is 15.1. The third-order valence-electron chi connectivity index (χ3n) is 4.19. The van der Waals surface area contributed by atoms with Crippen molar-refractivity contribution in [2.45, 2.75) is 77.7 Å². The Morgan fingerprint density at radius 2 is 1.94 bits per heavy atom. The molecule has 0 N–H and O–H groups in total. The minimum absolute atomic E-state index is 0.901. The molecule has 16 heavy (non-hydrogen) atoms. The van der Waals surface area contributed by atoms with Crippen molar-refractivity contribution in [1.29, 1.82) is 0 Å². The third kappa shape index (κ3) is 4.86. The van der Waals surface area contributed by atoms with Gasteiger partial charge in [-0.05, 0) is 38.8 Å². The molecule has 0 bridgehead atoms. The monoisotopic (exact) mass is 225 g/mol. The summed E-state index contributed by atoms with van der Waals surface area (Å²) in [5.41, 5.74) is 0. The Balaban J connectivity index is 2.25. The van der Waals surface area contributed by atoms with E-state index in [1.54, 1.807) is 0 Å². The predicted octanol–water partition coefficient (Wildman–Crippen LogP) is 4.47. The van der Waals surface area contributed by atoms with Crippen molar-refractivity contribution in [3.63, 3.8) is 0 Å². The van der Waals surface area contributed by atoms with E-state index >= 15 is 0 Å². The molecule has 1 aliphatic rings. The van der Waals surface area contributed by atoms with Crippen molar-refractivity contribution < 1.29 is 0 Å². The van der Waals surface area contributed by atoms with Crippen molar-refractivity contribution in [2.24, 2.45) is 5.92 Å². The van der Waals surface area contributed by atoms with E-state index in [9.17, 15) is 0 Å². The molecule has 96 valence electrons. The molecule has 0 aliphatic carbocycles. The minimum atomic E-state index is 0.901. The molecule has 2 unspecified atom stereocenters. The molecular weight excluding hydrogens is 194 g/mol. The van der Waals surface area contributed by atoms with Crippen LogP contribution in [-0.4, -0.2) is 24.5 Å². The molecular formula is C15H31N. The summed E-state index contributed by atoms with van der Waals surface area (Å²) in [7, 11) is 2.31. The Labute approximate surface area is 103 Å². The summed E-state index contributed by atoms with van der Waals surface area (Å²) in [6.07, 6.45) is 12.9. The summed E-state index contributed by atoms with van der Waals surface area (Å²) in [4.78, 5) is 2.59. The first-order chi connectivity index (χ1) is 7.77. The molecule has 0 saturated carbocycles. The zero-order valence-corrected chi connectivity index (χ0v) is 11.7. The summed E-state index contributed by atoms with van der Waals surface area (Å²) < 4.78 is 0. The van der Waals surface area contributed by atoms with Gasteiger partial charge in [-0.25, -0.2) is 0 Å². The van der Waals surface area contributed by atoms with Crippen LogP contribution >= 0.6 is 0 Å². The molecule has 1 nitrogen and oxygen atoms in total. The maximum atomic E-state index is 2.59. The van der Waals surface area contributed by atoms with Crippen LogP contribution in [0.5, 0.6) is 0 Å². The zero-order valence-electron chi connectivity index (χ0n) is 11.7. The number of nitrogens with zero attached hydrogens (tertiary/aromatic N) is 1. The molecule has 0 amide bonds. The lowest BCUT2D eigenvalue weighted by atomic mass is 9.89. The van der Waals surface area contributed by atoms with Gasteiger partial charge < -0.3 is 4.90 Å². The van der Waals surface area contributed by atoms with E-state index in [0.29, 0.717) is 0 Å². The maximum Gasteiger partial charge on any atom is 0.00953 e. The van der Waals surface area contributed by atoms with Crippen LogP contribution in [0.25, 0.3) is 0 Å². The lowest BCUT2D eigenvalue weighted by Gasteiger charge is -2.25.